The van der Waals surface area contributed by atoms with Crippen molar-refractivity contribution in [2.75, 3.05) is 19.5 Å². The number of hydrogen-bond acceptors (Lipinski definition) is 5. The Hall–Kier alpha value is -0.480. The maximum atomic E-state index is 13.4. The van der Waals surface area contributed by atoms with Crippen LogP contribution < -0.4 is 0 Å². The number of benzene rings is 1. The summed E-state index contributed by atoms with van der Waals surface area (Å²) < 4.78 is 24.6. The average Bonchev–Trinajstić information content (AvgIpc) is 2.47. The lowest BCUT2D eigenvalue weighted by molar-refractivity contribution is 0.218. The summed E-state index contributed by atoms with van der Waals surface area (Å²) in [6.45, 7) is 16.7. The molecule has 0 fully saturated rings. The molecule has 0 aromatic heterocycles. The Bertz CT molecular complexity index is 614. The topological polar surface area (TPSA) is 55.8 Å². The van der Waals surface area contributed by atoms with Crippen LogP contribution in [0, 0.1) is 0 Å². The Morgan fingerprint density at radius 3 is 1.65 bits per heavy atom. The quantitative estimate of drug-likeness (QED) is 0.520. The third kappa shape index (κ3) is 5.28. The maximum Gasteiger partial charge on any atom is 0.347 e. The van der Waals surface area contributed by atoms with E-state index in [1.807, 2.05) is 32.2 Å². The van der Waals surface area contributed by atoms with E-state index in [0.29, 0.717) is 19.0 Å². The Kier molecular flexibility index (Phi) is 7.87. The molecular formula is C20H35O4PS. The van der Waals surface area contributed by atoms with Crippen molar-refractivity contribution in [3.8, 4) is 5.75 Å². The number of rotatable bonds is 7. The van der Waals surface area contributed by atoms with Crippen molar-refractivity contribution in [2.45, 2.75) is 71.2 Å². The van der Waals surface area contributed by atoms with E-state index >= 15 is 0 Å². The second-order valence-electron chi connectivity index (χ2n) is 8.43. The molecule has 4 nitrogen and oxygen atoms in total. The first kappa shape index (κ1) is 23.6. The molecular weight excluding hydrogens is 367 g/mol. The van der Waals surface area contributed by atoms with Crippen molar-refractivity contribution in [3.63, 3.8) is 0 Å². The zero-order chi connectivity index (χ0) is 20.3. The van der Waals surface area contributed by atoms with Crippen LogP contribution in [0.25, 0.3) is 0 Å². The van der Waals surface area contributed by atoms with Gasteiger partial charge in [-0.2, -0.15) is 0 Å². The molecule has 1 N–H and O–H groups in total. The molecule has 6 heteroatoms. The van der Waals surface area contributed by atoms with E-state index in [1.165, 1.54) is 11.8 Å². The van der Waals surface area contributed by atoms with Gasteiger partial charge in [-0.05, 0) is 59.8 Å². The van der Waals surface area contributed by atoms with Crippen LogP contribution in [0.3, 0.4) is 0 Å². The van der Waals surface area contributed by atoms with Crippen LogP contribution in [0.1, 0.15) is 77.1 Å². The van der Waals surface area contributed by atoms with E-state index < -0.39 is 12.6 Å². The summed E-state index contributed by atoms with van der Waals surface area (Å²) in [6.07, 6.45) is 1.91. The van der Waals surface area contributed by atoms with E-state index in [4.69, 9.17) is 9.05 Å². The SMILES string of the molecule is CCOP(=O)(OCC)C(SC)c1cc(C(C)(C)C)c(O)c(C(C)(C)C)c1. The van der Waals surface area contributed by atoms with Crippen molar-refractivity contribution in [1.82, 2.24) is 0 Å². The molecule has 0 heterocycles. The predicted octanol–water partition coefficient (Wildman–Crippen LogP) is 6.61. The van der Waals surface area contributed by atoms with E-state index in [1.54, 1.807) is 0 Å². The highest BCUT2D eigenvalue weighted by Crippen LogP contribution is 2.65. The van der Waals surface area contributed by atoms with Gasteiger partial charge in [-0.1, -0.05) is 41.5 Å². The molecule has 150 valence electrons. The summed E-state index contributed by atoms with van der Waals surface area (Å²) in [5.74, 6) is 0.316. The number of aromatic hydroxyl groups is 1. The van der Waals surface area contributed by atoms with Crippen LogP contribution in [0.2, 0.25) is 0 Å². The smallest absolute Gasteiger partial charge is 0.347 e. The molecule has 0 aliphatic rings. The summed E-state index contributed by atoms with van der Waals surface area (Å²) in [7, 11) is -3.33. The van der Waals surface area contributed by atoms with Gasteiger partial charge in [0.25, 0.3) is 0 Å². The summed E-state index contributed by atoms with van der Waals surface area (Å²) >= 11 is 1.46. The van der Waals surface area contributed by atoms with Gasteiger partial charge in [0.05, 0.1) is 13.2 Å². The van der Waals surface area contributed by atoms with Crippen molar-refractivity contribution < 1.29 is 18.7 Å². The molecule has 1 unspecified atom stereocenters. The fraction of sp³-hybridized carbons (Fsp3) is 0.700. The summed E-state index contributed by atoms with van der Waals surface area (Å²) in [4.78, 5) is -0.440. The van der Waals surface area contributed by atoms with E-state index in [0.717, 1.165) is 16.7 Å². The van der Waals surface area contributed by atoms with Crippen molar-refractivity contribution in [1.29, 1.82) is 0 Å². The van der Waals surface area contributed by atoms with Gasteiger partial charge in [0.1, 0.15) is 10.7 Å². The van der Waals surface area contributed by atoms with Crippen molar-refractivity contribution in [2.24, 2.45) is 0 Å². The number of phenols is 1. The maximum absolute atomic E-state index is 13.4. The molecule has 1 aromatic rings. The first-order valence-corrected chi connectivity index (χ1v) is 12.0. The Morgan fingerprint density at radius 2 is 1.38 bits per heavy atom. The number of phenolic OH excluding ortho intramolecular Hbond substituents is 1. The van der Waals surface area contributed by atoms with Gasteiger partial charge in [0.15, 0.2) is 0 Å². The largest absolute Gasteiger partial charge is 0.507 e. The highest BCUT2D eigenvalue weighted by molar-refractivity contribution is 8.04. The summed E-state index contributed by atoms with van der Waals surface area (Å²) in [6, 6.07) is 3.91. The van der Waals surface area contributed by atoms with Crippen molar-refractivity contribution in [3.05, 3.63) is 28.8 Å². The highest BCUT2D eigenvalue weighted by Gasteiger charge is 2.38. The standard InChI is InChI=1S/C20H35O4PS/c1-10-23-25(22,24-11-2)18(26-9)14-12-15(19(3,4)5)17(21)16(13-14)20(6,7)8/h12-13,18,21H,10-11H2,1-9H3. The molecule has 0 spiro atoms. The number of hydrogen-bond donors (Lipinski definition) is 1. The first-order valence-electron chi connectivity index (χ1n) is 9.11. The van der Waals surface area contributed by atoms with Gasteiger partial charge in [-0.25, -0.2) is 0 Å². The van der Waals surface area contributed by atoms with Crippen LogP contribution in [-0.2, 0) is 24.4 Å². The van der Waals surface area contributed by atoms with Crippen LogP contribution in [0.5, 0.6) is 5.75 Å². The van der Waals surface area contributed by atoms with Crippen LogP contribution in [0.4, 0.5) is 0 Å². The zero-order valence-electron chi connectivity index (χ0n) is 17.7. The number of thioether (sulfide) groups is 1. The second kappa shape index (κ2) is 8.68. The predicted molar refractivity (Wildman–Crippen MR) is 113 cm³/mol. The third-order valence-corrected chi connectivity index (χ3v) is 8.40. The highest BCUT2D eigenvalue weighted by atomic mass is 32.2. The van der Waals surface area contributed by atoms with Crippen LogP contribution in [-0.4, -0.2) is 24.6 Å². The molecule has 1 aromatic carbocycles. The van der Waals surface area contributed by atoms with E-state index in [-0.39, 0.29) is 10.8 Å². The van der Waals surface area contributed by atoms with Gasteiger partial charge in [-0.15, -0.1) is 11.8 Å². The molecule has 0 saturated carbocycles. The van der Waals surface area contributed by atoms with Gasteiger partial charge in [0, 0.05) is 0 Å². The Morgan fingerprint density at radius 1 is 1.00 bits per heavy atom. The summed E-state index contributed by atoms with van der Waals surface area (Å²) in [5.41, 5.74) is 2.07. The molecule has 1 rings (SSSR count). The normalized spacial score (nSPS) is 14.5. The molecule has 0 aliphatic carbocycles. The summed E-state index contributed by atoms with van der Waals surface area (Å²) in [5, 5.41) is 10.9. The third-order valence-electron chi connectivity index (χ3n) is 4.16. The lowest BCUT2D eigenvalue weighted by Gasteiger charge is -2.31. The molecule has 0 aliphatic heterocycles. The Labute approximate surface area is 163 Å². The molecule has 0 radical (unpaired) electrons. The van der Waals surface area contributed by atoms with Gasteiger partial charge >= 0.3 is 7.60 Å². The van der Waals surface area contributed by atoms with E-state index in [9.17, 15) is 9.67 Å². The lowest BCUT2D eigenvalue weighted by atomic mass is 9.78. The van der Waals surface area contributed by atoms with Gasteiger partial charge < -0.3 is 14.2 Å². The minimum Gasteiger partial charge on any atom is -0.507 e. The fourth-order valence-electron chi connectivity index (χ4n) is 2.92. The van der Waals surface area contributed by atoms with Crippen LogP contribution in [0.15, 0.2) is 12.1 Å². The van der Waals surface area contributed by atoms with E-state index in [2.05, 4.69) is 41.5 Å². The van der Waals surface area contributed by atoms with Gasteiger partial charge in [-0.3, -0.25) is 4.57 Å². The van der Waals surface area contributed by atoms with Gasteiger partial charge in [0.2, 0.25) is 0 Å². The van der Waals surface area contributed by atoms with Crippen molar-refractivity contribution >= 4 is 19.4 Å². The zero-order valence-corrected chi connectivity index (χ0v) is 19.4. The molecule has 0 bridgehead atoms. The molecule has 26 heavy (non-hydrogen) atoms. The lowest BCUT2D eigenvalue weighted by Crippen LogP contribution is -2.18. The van der Waals surface area contributed by atoms with Crippen LogP contribution >= 0.6 is 19.4 Å². The minimum absolute atomic E-state index is 0.246. The monoisotopic (exact) mass is 402 g/mol. The average molecular weight is 403 g/mol. The fourth-order valence-corrected chi connectivity index (χ4v) is 6.31. The molecule has 0 saturated heterocycles. The second-order valence-corrected chi connectivity index (χ2v) is 11.8. The Balaban J connectivity index is 3.71. The first-order chi connectivity index (χ1) is 11.8. The molecule has 0 amide bonds. The molecule has 1 atom stereocenters. The minimum atomic E-state index is -3.33.